The smallest absolute Gasteiger partial charge is 0.342 e. The molecule has 0 amide bonds. The first-order chi connectivity index (χ1) is 10.3. The fraction of sp³-hybridized carbons (Fsp3) is 0.750. The van der Waals surface area contributed by atoms with Crippen molar-refractivity contribution in [3.63, 3.8) is 0 Å². The van der Waals surface area contributed by atoms with E-state index in [1.165, 1.54) is 4.57 Å². The minimum absolute atomic E-state index is 0.00273. The molecule has 0 unspecified atom stereocenters. The van der Waals surface area contributed by atoms with Crippen molar-refractivity contribution in [2.45, 2.75) is 27.3 Å². The van der Waals surface area contributed by atoms with Crippen molar-refractivity contribution in [3.05, 3.63) is 22.1 Å². The predicted octanol–water partition coefficient (Wildman–Crippen LogP) is 0.361. The molecule has 1 aromatic heterocycles. The molecule has 0 atom stereocenters. The third-order valence-electron chi connectivity index (χ3n) is 3.45. The molecular weight excluding hydrogens is 310 g/mol. The second-order valence-corrected chi connectivity index (χ2v) is 6.74. The molecule has 9 nitrogen and oxygen atoms in total. The third kappa shape index (κ3) is 5.35. The predicted molar refractivity (Wildman–Crippen MR) is 83.2 cm³/mol. The zero-order valence-corrected chi connectivity index (χ0v) is 14.0. The van der Waals surface area contributed by atoms with Gasteiger partial charge < -0.3 is 15.0 Å². The van der Waals surface area contributed by atoms with Gasteiger partial charge in [-0.1, -0.05) is 13.8 Å². The molecule has 10 heteroatoms. The number of hydrogen-bond acceptors (Lipinski definition) is 6. The number of rotatable bonds is 10. The molecule has 0 saturated heterocycles. The summed E-state index contributed by atoms with van der Waals surface area (Å²) in [5.41, 5.74) is 0. The Morgan fingerprint density at radius 2 is 2.05 bits per heavy atom. The zero-order chi connectivity index (χ0) is 16.8. The van der Waals surface area contributed by atoms with E-state index in [0.29, 0.717) is 18.9 Å². The Labute approximate surface area is 130 Å². The van der Waals surface area contributed by atoms with Crippen molar-refractivity contribution in [1.82, 2.24) is 19.2 Å². The monoisotopic (exact) mass is 333 g/mol. The molecule has 0 aliphatic heterocycles. The van der Waals surface area contributed by atoms with Gasteiger partial charge in [-0.15, -0.1) is 0 Å². The summed E-state index contributed by atoms with van der Waals surface area (Å²) in [5, 5.41) is 10.8. The maximum Gasteiger partial charge on any atom is 0.342 e. The molecule has 0 aliphatic carbocycles. The van der Waals surface area contributed by atoms with Crippen LogP contribution in [0.4, 0.5) is 5.82 Å². The molecule has 126 valence electrons. The Balaban J connectivity index is 2.56. The summed E-state index contributed by atoms with van der Waals surface area (Å²) in [5.74, 6) is 0.00408. The van der Waals surface area contributed by atoms with E-state index in [1.54, 1.807) is 6.92 Å². The number of nitrogens with zero attached hydrogens (tertiary/aromatic N) is 4. The van der Waals surface area contributed by atoms with Gasteiger partial charge in [-0.2, -0.15) is 0 Å². The van der Waals surface area contributed by atoms with Gasteiger partial charge in [0.1, 0.15) is 18.5 Å². The average molecular weight is 333 g/mol. The van der Waals surface area contributed by atoms with Crippen molar-refractivity contribution >= 4 is 15.8 Å². The molecule has 0 bridgehead atoms. The van der Waals surface area contributed by atoms with Crippen LogP contribution in [0.2, 0.25) is 0 Å². The van der Waals surface area contributed by atoms with Gasteiger partial charge in [0.25, 0.3) is 0 Å². The number of sulfonamides is 1. The molecular formula is C12H23N5O4S. The summed E-state index contributed by atoms with van der Waals surface area (Å²) < 4.78 is 27.7. The maximum atomic E-state index is 11.9. The number of nitro groups is 1. The van der Waals surface area contributed by atoms with E-state index < -0.39 is 14.9 Å². The van der Waals surface area contributed by atoms with Gasteiger partial charge in [0.2, 0.25) is 10.0 Å². The normalized spacial score (nSPS) is 12.0. The van der Waals surface area contributed by atoms with E-state index in [9.17, 15) is 18.5 Å². The van der Waals surface area contributed by atoms with Crippen LogP contribution in [0.25, 0.3) is 0 Å². The van der Waals surface area contributed by atoms with E-state index in [-0.39, 0.29) is 18.1 Å². The molecule has 0 spiro atoms. The molecule has 1 N–H and O–H groups in total. The van der Waals surface area contributed by atoms with Crippen LogP contribution in [-0.2, 0) is 16.6 Å². The number of likely N-dealkylation sites (N-methyl/N-ethyl adjacent to an activating group) is 1. The van der Waals surface area contributed by atoms with Crippen molar-refractivity contribution in [3.8, 4) is 0 Å². The molecule has 0 radical (unpaired) electrons. The second kappa shape index (κ2) is 8.20. The molecule has 0 fully saturated rings. The number of aryl methyl sites for hydroxylation is 1. The molecule has 1 heterocycles. The van der Waals surface area contributed by atoms with Crippen LogP contribution in [0.5, 0.6) is 0 Å². The average Bonchev–Trinajstić information content (AvgIpc) is 2.83. The van der Waals surface area contributed by atoms with Crippen LogP contribution < -0.4 is 4.72 Å². The molecule has 1 aromatic rings. The van der Waals surface area contributed by atoms with E-state index in [0.717, 1.165) is 19.3 Å². The van der Waals surface area contributed by atoms with Gasteiger partial charge in [0.05, 0.1) is 0 Å². The first kappa shape index (κ1) is 18.5. The molecule has 0 saturated carbocycles. The van der Waals surface area contributed by atoms with E-state index in [2.05, 4.69) is 14.6 Å². The standard InChI is InChI=1S/C12H23N5O4S/c1-4-15(5-2)7-6-14-22(20,21)9-8-16-11(3)13-10-12(16)17(18)19/h10,14H,4-9H2,1-3H3. The Morgan fingerprint density at radius 3 is 2.59 bits per heavy atom. The van der Waals surface area contributed by atoms with Gasteiger partial charge >= 0.3 is 5.82 Å². The van der Waals surface area contributed by atoms with Crippen molar-refractivity contribution in [1.29, 1.82) is 0 Å². The largest absolute Gasteiger partial charge is 0.358 e. The highest BCUT2D eigenvalue weighted by atomic mass is 32.2. The molecule has 0 aromatic carbocycles. The fourth-order valence-corrected chi connectivity index (χ4v) is 3.03. The highest BCUT2D eigenvalue weighted by Gasteiger charge is 2.20. The van der Waals surface area contributed by atoms with Crippen molar-refractivity contribution in [2.24, 2.45) is 0 Å². The summed E-state index contributed by atoms with van der Waals surface area (Å²) in [6.45, 7) is 8.32. The topological polar surface area (TPSA) is 110 Å². The SMILES string of the molecule is CCN(CC)CCNS(=O)(=O)CCn1c([N+](=O)[O-])cnc1C. The fourth-order valence-electron chi connectivity index (χ4n) is 2.06. The van der Waals surface area contributed by atoms with E-state index in [1.807, 2.05) is 13.8 Å². The summed E-state index contributed by atoms with van der Waals surface area (Å²) in [6.07, 6.45) is 1.13. The van der Waals surface area contributed by atoms with Gasteiger partial charge in [0.15, 0.2) is 5.82 Å². The zero-order valence-electron chi connectivity index (χ0n) is 13.2. The maximum absolute atomic E-state index is 11.9. The first-order valence-electron chi connectivity index (χ1n) is 7.17. The van der Waals surface area contributed by atoms with E-state index >= 15 is 0 Å². The van der Waals surface area contributed by atoms with Gasteiger partial charge in [-0.05, 0) is 18.0 Å². The minimum Gasteiger partial charge on any atom is -0.358 e. The number of nitrogens with one attached hydrogen (secondary N) is 1. The Bertz CT molecular complexity index is 595. The highest BCUT2D eigenvalue weighted by Crippen LogP contribution is 2.13. The van der Waals surface area contributed by atoms with Crippen LogP contribution in [-0.4, -0.2) is 59.7 Å². The van der Waals surface area contributed by atoms with Crippen LogP contribution in [0.15, 0.2) is 6.20 Å². The lowest BCUT2D eigenvalue weighted by Crippen LogP contribution is -2.36. The lowest BCUT2D eigenvalue weighted by atomic mass is 10.5. The summed E-state index contributed by atoms with van der Waals surface area (Å²) >= 11 is 0. The third-order valence-corrected chi connectivity index (χ3v) is 4.81. The summed E-state index contributed by atoms with van der Waals surface area (Å²) in [4.78, 5) is 16.2. The first-order valence-corrected chi connectivity index (χ1v) is 8.82. The minimum atomic E-state index is -3.48. The van der Waals surface area contributed by atoms with Gasteiger partial charge in [0, 0.05) is 20.0 Å². The van der Waals surface area contributed by atoms with Gasteiger partial charge in [-0.3, -0.25) is 0 Å². The summed E-state index contributed by atoms with van der Waals surface area (Å²) in [6, 6.07) is 0. The lowest BCUT2D eigenvalue weighted by molar-refractivity contribution is -0.392. The highest BCUT2D eigenvalue weighted by molar-refractivity contribution is 7.89. The number of aromatic nitrogens is 2. The molecule has 0 aliphatic rings. The van der Waals surface area contributed by atoms with Crippen molar-refractivity contribution in [2.75, 3.05) is 31.9 Å². The summed E-state index contributed by atoms with van der Waals surface area (Å²) in [7, 11) is -3.48. The van der Waals surface area contributed by atoms with Gasteiger partial charge in [-0.25, -0.2) is 22.7 Å². The second-order valence-electron chi connectivity index (χ2n) is 4.81. The van der Waals surface area contributed by atoms with Crippen molar-refractivity contribution < 1.29 is 13.3 Å². The van der Waals surface area contributed by atoms with Crippen LogP contribution in [0.1, 0.15) is 19.7 Å². The Hall–Kier alpha value is -1.52. The number of imidazole rings is 1. The van der Waals surface area contributed by atoms with Crippen LogP contribution >= 0.6 is 0 Å². The van der Waals surface area contributed by atoms with Crippen LogP contribution in [0.3, 0.4) is 0 Å². The number of hydrogen-bond donors (Lipinski definition) is 1. The quantitative estimate of drug-likeness (QED) is 0.489. The van der Waals surface area contributed by atoms with E-state index in [4.69, 9.17) is 0 Å². The Morgan fingerprint density at radius 1 is 1.41 bits per heavy atom. The molecule has 22 heavy (non-hydrogen) atoms. The molecule has 1 rings (SSSR count). The lowest BCUT2D eigenvalue weighted by Gasteiger charge is -2.17. The Kier molecular flexibility index (Phi) is 6.91. The van der Waals surface area contributed by atoms with Crippen LogP contribution in [0, 0.1) is 17.0 Å².